The van der Waals surface area contributed by atoms with E-state index in [9.17, 15) is 14.7 Å². The molecule has 0 saturated heterocycles. The number of esters is 1. The summed E-state index contributed by atoms with van der Waals surface area (Å²) in [4.78, 5) is 23.1. The SMILES string of the molecule is CCCCCC(O)CCC1C(OC(=O)CC)CC2Cc3c(cccc3OCC(=O)O)CC21. The molecule has 1 fully saturated rings. The standard InChI is InChI=1S/C26H38O6/c1-3-5-6-9-19(27)11-12-20-21-13-17-8-7-10-23(31-16-25(28)29)22(17)14-18(21)15-24(20)32-26(30)4-2/h7-8,10,18-21,24,27H,3-6,9,11-16H2,1-2H3,(H,28,29). The molecule has 0 radical (unpaired) electrons. The van der Waals surface area contributed by atoms with Gasteiger partial charge in [0.15, 0.2) is 6.61 Å². The molecular formula is C26H38O6. The number of benzene rings is 1. The van der Waals surface area contributed by atoms with Gasteiger partial charge in [0.2, 0.25) is 0 Å². The maximum Gasteiger partial charge on any atom is 0.341 e. The highest BCUT2D eigenvalue weighted by atomic mass is 16.5. The van der Waals surface area contributed by atoms with Crippen molar-refractivity contribution in [3.8, 4) is 5.75 Å². The quantitative estimate of drug-likeness (QED) is 0.362. The van der Waals surface area contributed by atoms with Crippen molar-refractivity contribution in [3.63, 3.8) is 0 Å². The van der Waals surface area contributed by atoms with Gasteiger partial charge in [-0.25, -0.2) is 4.79 Å². The van der Waals surface area contributed by atoms with Crippen LogP contribution >= 0.6 is 0 Å². The minimum absolute atomic E-state index is 0.113. The van der Waals surface area contributed by atoms with Crippen molar-refractivity contribution in [2.75, 3.05) is 6.61 Å². The summed E-state index contributed by atoms with van der Waals surface area (Å²) in [7, 11) is 0. The number of aliphatic hydroxyl groups excluding tert-OH is 1. The Bertz CT molecular complexity index is 776. The molecule has 2 aliphatic carbocycles. The largest absolute Gasteiger partial charge is 0.482 e. The minimum Gasteiger partial charge on any atom is -0.482 e. The molecule has 0 bridgehead atoms. The number of ether oxygens (including phenoxy) is 2. The zero-order chi connectivity index (χ0) is 23.1. The first kappa shape index (κ1) is 24.6. The van der Waals surface area contributed by atoms with E-state index in [1.54, 1.807) is 0 Å². The van der Waals surface area contributed by atoms with Crippen molar-refractivity contribution < 1.29 is 29.3 Å². The molecule has 0 amide bonds. The lowest BCUT2D eigenvalue weighted by Gasteiger charge is -2.32. The lowest BCUT2D eigenvalue weighted by Crippen LogP contribution is -2.29. The Labute approximate surface area is 191 Å². The lowest BCUT2D eigenvalue weighted by molar-refractivity contribution is -0.151. The van der Waals surface area contributed by atoms with E-state index in [1.165, 1.54) is 5.56 Å². The van der Waals surface area contributed by atoms with E-state index in [1.807, 2.05) is 19.1 Å². The molecule has 6 heteroatoms. The highest BCUT2D eigenvalue weighted by molar-refractivity contribution is 5.69. The highest BCUT2D eigenvalue weighted by Gasteiger charge is 2.47. The zero-order valence-electron chi connectivity index (χ0n) is 19.4. The molecule has 0 heterocycles. The van der Waals surface area contributed by atoms with E-state index in [0.717, 1.165) is 63.4 Å². The Hall–Kier alpha value is -2.08. The monoisotopic (exact) mass is 446 g/mol. The van der Waals surface area contributed by atoms with Crippen LogP contribution in [0, 0.1) is 17.8 Å². The fourth-order valence-electron chi connectivity index (χ4n) is 5.60. The van der Waals surface area contributed by atoms with Crippen LogP contribution in [0.3, 0.4) is 0 Å². The van der Waals surface area contributed by atoms with E-state index < -0.39 is 5.97 Å². The fraction of sp³-hybridized carbons (Fsp3) is 0.692. The van der Waals surface area contributed by atoms with Crippen LogP contribution in [0.25, 0.3) is 0 Å². The number of unbranched alkanes of at least 4 members (excludes halogenated alkanes) is 2. The van der Waals surface area contributed by atoms with Gasteiger partial charge in [-0.05, 0) is 73.5 Å². The molecule has 6 nitrogen and oxygen atoms in total. The number of fused-ring (bicyclic) bond motifs is 2. The van der Waals surface area contributed by atoms with Crippen molar-refractivity contribution in [2.45, 2.75) is 90.3 Å². The maximum atomic E-state index is 12.1. The number of carbonyl (C=O) groups is 2. The van der Waals surface area contributed by atoms with Crippen LogP contribution in [0.5, 0.6) is 5.75 Å². The molecule has 0 aromatic heterocycles. The molecule has 1 saturated carbocycles. The van der Waals surface area contributed by atoms with Gasteiger partial charge >= 0.3 is 11.9 Å². The first-order valence-corrected chi connectivity index (χ1v) is 12.3. The average Bonchev–Trinajstić information content (AvgIpc) is 3.10. The van der Waals surface area contributed by atoms with E-state index in [0.29, 0.717) is 24.0 Å². The van der Waals surface area contributed by atoms with Gasteiger partial charge in [-0.1, -0.05) is 45.2 Å². The molecule has 2 aliphatic rings. The highest BCUT2D eigenvalue weighted by Crippen LogP contribution is 2.49. The summed E-state index contributed by atoms with van der Waals surface area (Å²) in [6, 6.07) is 5.86. The van der Waals surface area contributed by atoms with Gasteiger partial charge in [0.25, 0.3) is 0 Å². The summed E-state index contributed by atoms with van der Waals surface area (Å²) in [6.45, 7) is 3.63. The normalized spacial score (nSPS) is 25.0. The van der Waals surface area contributed by atoms with Gasteiger partial charge in [-0.15, -0.1) is 0 Å². The van der Waals surface area contributed by atoms with Crippen molar-refractivity contribution in [1.29, 1.82) is 0 Å². The Kier molecular flexibility index (Phi) is 8.97. The van der Waals surface area contributed by atoms with Crippen LogP contribution in [0.1, 0.15) is 76.3 Å². The third-order valence-electron chi connectivity index (χ3n) is 7.22. The molecule has 3 rings (SSSR count). The van der Waals surface area contributed by atoms with Gasteiger partial charge in [0.1, 0.15) is 11.9 Å². The van der Waals surface area contributed by atoms with Crippen LogP contribution in [0.4, 0.5) is 0 Å². The van der Waals surface area contributed by atoms with Crippen molar-refractivity contribution in [3.05, 3.63) is 29.3 Å². The van der Waals surface area contributed by atoms with Crippen LogP contribution in [0.15, 0.2) is 18.2 Å². The Balaban J connectivity index is 1.72. The van der Waals surface area contributed by atoms with Crippen LogP contribution in [0.2, 0.25) is 0 Å². The van der Waals surface area contributed by atoms with E-state index in [4.69, 9.17) is 14.6 Å². The Morgan fingerprint density at radius 3 is 2.69 bits per heavy atom. The number of rotatable bonds is 12. The second kappa shape index (κ2) is 11.7. The molecule has 1 aromatic carbocycles. The lowest BCUT2D eigenvalue weighted by atomic mass is 9.73. The molecule has 5 unspecified atom stereocenters. The number of aliphatic hydroxyl groups is 1. The fourth-order valence-corrected chi connectivity index (χ4v) is 5.60. The third-order valence-corrected chi connectivity index (χ3v) is 7.22. The predicted octanol–water partition coefficient (Wildman–Crippen LogP) is 4.54. The van der Waals surface area contributed by atoms with E-state index in [-0.39, 0.29) is 30.7 Å². The summed E-state index contributed by atoms with van der Waals surface area (Å²) in [5.41, 5.74) is 2.29. The number of hydrogen-bond donors (Lipinski definition) is 2. The number of hydrogen-bond acceptors (Lipinski definition) is 5. The van der Waals surface area contributed by atoms with Crippen LogP contribution in [-0.4, -0.2) is 41.0 Å². The Morgan fingerprint density at radius 1 is 1.16 bits per heavy atom. The average molecular weight is 447 g/mol. The second-order valence-electron chi connectivity index (χ2n) is 9.42. The third kappa shape index (κ3) is 6.25. The molecule has 178 valence electrons. The first-order valence-electron chi connectivity index (χ1n) is 12.3. The van der Waals surface area contributed by atoms with Crippen molar-refractivity contribution in [2.24, 2.45) is 17.8 Å². The Morgan fingerprint density at radius 2 is 1.97 bits per heavy atom. The molecule has 5 atom stereocenters. The number of aliphatic carboxylic acids is 1. The summed E-state index contributed by atoms with van der Waals surface area (Å²) in [6.07, 6.45) is 8.24. The first-order chi connectivity index (χ1) is 15.4. The van der Waals surface area contributed by atoms with E-state index in [2.05, 4.69) is 13.0 Å². The molecule has 0 spiro atoms. The summed E-state index contributed by atoms with van der Waals surface area (Å²) in [5.74, 6) is 0.517. The van der Waals surface area contributed by atoms with Gasteiger partial charge in [-0.3, -0.25) is 4.79 Å². The molecule has 2 N–H and O–H groups in total. The summed E-state index contributed by atoms with van der Waals surface area (Å²) >= 11 is 0. The minimum atomic E-state index is -0.985. The number of carbonyl (C=O) groups excluding carboxylic acids is 1. The van der Waals surface area contributed by atoms with Gasteiger partial charge in [-0.2, -0.15) is 0 Å². The zero-order valence-corrected chi connectivity index (χ0v) is 19.4. The van der Waals surface area contributed by atoms with Gasteiger partial charge in [0.05, 0.1) is 6.10 Å². The van der Waals surface area contributed by atoms with Crippen LogP contribution in [-0.2, 0) is 27.2 Å². The smallest absolute Gasteiger partial charge is 0.341 e. The summed E-state index contributed by atoms with van der Waals surface area (Å²) < 4.78 is 11.4. The van der Waals surface area contributed by atoms with E-state index >= 15 is 0 Å². The second-order valence-corrected chi connectivity index (χ2v) is 9.42. The van der Waals surface area contributed by atoms with Gasteiger partial charge < -0.3 is 19.7 Å². The maximum absolute atomic E-state index is 12.1. The number of carboxylic acid groups (broad SMARTS) is 1. The van der Waals surface area contributed by atoms with Crippen molar-refractivity contribution in [1.82, 2.24) is 0 Å². The summed E-state index contributed by atoms with van der Waals surface area (Å²) in [5, 5.41) is 19.5. The number of carboxylic acids is 1. The predicted molar refractivity (Wildman–Crippen MR) is 122 cm³/mol. The molecular weight excluding hydrogens is 408 g/mol. The van der Waals surface area contributed by atoms with Crippen molar-refractivity contribution >= 4 is 11.9 Å². The van der Waals surface area contributed by atoms with Crippen LogP contribution < -0.4 is 4.74 Å². The molecule has 1 aromatic rings. The molecule has 0 aliphatic heterocycles. The molecule has 32 heavy (non-hydrogen) atoms. The topological polar surface area (TPSA) is 93.1 Å². The van der Waals surface area contributed by atoms with Gasteiger partial charge in [0, 0.05) is 6.42 Å².